The molecule has 0 aliphatic carbocycles. The summed E-state index contributed by atoms with van der Waals surface area (Å²) in [6.45, 7) is 2.07. The van der Waals surface area contributed by atoms with Crippen LogP contribution < -0.4 is 4.74 Å². The molecule has 3 aromatic rings. The summed E-state index contributed by atoms with van der Waals surface area (Å²) in [5.41, 5.74) is 1.73. The van der Waals surface area contributed by atoms with E-state index in [2.05, 4.69) is 0 Å². The topological polar surface area (TPSA) is 40.5 Å². The molecular formula is C20H17ClFNO3. The van der Waals surface area contributed by atoms with Gasteiger partial charge in [-0.3, -0.25) is 0 Å². The molecule has 0 aliphatic heterocycles. The summed E-state index contributed by atoms with van der Waals surface area (Å²) in [6, 6.07) is 9.80. The molecule has 2 aromatic carbocycles. The molecular weight excluding hydrogens is 357 g/mol. The lowest BCUT2D eigenvalue weighted by molar-refractivity contribution is -0.137. The summed E-state index contributed by atoms with van der Waals surface area (Å²) >= 11 is 5.83. The molecule has 0 bridgehead atoms. The van der Waals surface area contributed by atoms with Crippen LogP contribution in [-0.4, -0.2) is 17.1 Å². The van der Waals surface area contributed by atoms with E-state index in [0.717, 1.165) is 16.5 Å². The lowest BCUT2D eigenvalue weighted by Crippen LogP contribution is -1.98. The fraction of sp³-hybridized carbons (Fsp3) is 0.150. The van der Waals surface area contributed by atoms with Crippen LogP contribution >= 0.6 is 11.6 Å². The van der Waals surface area contributed by atoms with Gasteiger partial charge in [0, 0.05) is 36.3 Å². The van der Waals surface area contributed by atoms with Crippen molar-refractivity contribution in [1.82, 2.24) is 4.57 Å². The Labute approximate surface area is 155 Å². The summed E-state index contributed by atoms with van der Waals surface area (Å²) in [4.78, 5) is 11.6. The van der Waals surface area contributed by atoms with Crippen LogP contribution in [0.15, 0.2) is 48.7 Å². The van der Waals surface area contributed by atoms with E-state index in [0.29, 0.717) is 18.1 Å². The molecule has 0 saturated carbocycles. The maximum Gasteiger partial charge on any atom is 0.330 e. The van der Waals surface area contributed by atoms with Crippen LogP contribution in [0.3, 0.4) is 0 Å². The van der Waals surface area contributed by atoms with Gasteiger partial charge in [-0.1, -0.05) is 17.7 Å². The number of nitrogens with zero attached hydrogens (tertiary/aromatic N) is 1. The van der Waals surface area contributed by atoms with E-state index in [4.69, 9.17) is 21.1 Å². The molecule has 4 nitrogen and oxygen atoms in total. The van der Waals surface area contributed by atoms with Crippen LogP contribution in [0.25, 0.3) is 17.0 Å². The number of carbonyl (C=O) groups is 1. The number of esters is 1. The second-order valence-electron chi connectivity index (χ2n) is 5.61. The zero-order chi connectivity index (χ0) is 18.7. The minimum absolute atomic E-state index is 0.00910. The van der Waals surface area contributed by atoms with Gasteiger partial charge in [-0.25, -0.2) is 9.18 Å². The van der Waals surface area contributed by atoms with E-state index in [1.54, 1.807) is 19.1 Å². The Kier molecular flexibility index (Phi) is 5.28. The van der Waals surface area contributed by atoms with E-state index in [-0.39, 0.29) is 5.02 Å². The van der Waals surface area contributed by atoms with Crippen molar-refractivity contribution in [2.75, 3.05) is 6.61 Å². The number of ether oxygens (including phenoxy) is 2. The van der Waals surface area contributed by atoms with E-state index in [1.165, 1.54) is 24.3 Å². The van der Waals surface area contributed by atoms with Crippen molar-refractivity contribution in [2.24, 2.45) is 7.05 Å². The van der Waals surface area contributed by atoms with Gasteiger partial charge in [0.2, 0.25) is 0 Å². The molecule has 0 atom stereocenters. The standard InChI is InChI=1S/C20H17ClFNO3/c1-3-25-19(24)10-7-13-12-23(2)17-5-4-6-18(20(13)17)26-14-8-9-16(22)15(21)11-14/h4-12H,3H2,1-2H3. The lowest BCUT2D eigenvalue weighted by Gasteiger charge is -2.09. The minimum Gasteiger partial charge on any atom is -0.463 e. The monoisotopic (exact) mass is 373 g/mol. The molecule has 0 fully saturated rings. The first-order chi connectivity index (χ1) is 12.5. The fourth-order valence-corrected chi connectivity index (χ4v) is 2.84. The van der Waals surface area contributed by atoms with Crippen molar-refractivity contribution in [2.45, 2.75) is 6.92 Å². The number of aromatic nitrogens is 1. The Morgan fingerprint density at radius 1 is 1.31 bits per heavy atom. The third-order valence-electron chi connectivity index (χ3n) is 3.81. The molecule has 6 heteroatoms. The van der Waals surface area contributed by atoms with Gasteiger partial charge in [-0.15, -0.1) is 0 Å². The molecule has 26 heavy (non-hydrogen) atoms. The predicted octanol–water partition coefficient (Wildman–Crippen LogP) is 5.34. The van der Waals surface area contributed by atoms with E-state index < -0.39 is 11.8 Å². The summed E-state index contributed by atoms with van der Waals surface area (Å²) < 4.78 is 26.1. The highest BCUT2D eigenvalue weighted by molar-refractivity contribution is 6.30. The lowest BCUT2D eigenvalue weighted by atomic mass is 10.1. The highest BCUT2D eigenvalue weighted by atomic mass is 35.5. The number of carbonyl (C=O) groups excluding carboxylic acids is 1. The molecule has 0 amide bonds. The first kappa shape index (κ1) is 18.0. The van der Waals surface area contributed by atoms with Crippen molar-refractivity contribution in [3.8, 4) is 11.5 Å². The smallest absolute Gasteiger partial charge is 0.330 e. The van der Waals surface area contributed by atoms with Crippen molar-refractivity contribution in [1.29, 1.82) is 0 Å². The van der Waals surface area contributed by atoms with Gasteiger partial charge >= 0.3 is 5.97 Å². The molecule has 0 aliphatic rings. The van der Waals surface area contributed by atoms with Gasteiger partial charge in [0.25, 0.3) is 0 Å². The van der Waals surface area contributed by atoms with Crippen LogP contribution in [-0.2, 0) is 16.6 Å². The second-order valence-corrected chi connectivity index (χ2v) is 6.02. The molecule has 0 saturated heterocycles. The van der Waals surface area contributed by atoms with Crippen LogP contribution in [0.4, 0.5) is 4.39 Å². The average molecular weight is 374 g/mol. The third kappa shape index (κ3) is 3.73. The Morgan fingerprint density at radius 3 is 2.85 bits per heavy atom. The predicted molar refractivity (Wildman–Crippen MR) is 100 cm³/mol. The molecule has 0 spiro atoms. The normalized spacial score (nSPS) is 11.2. The SMILES string of the molecule is CCOC(=O)C=Cc1cn(C)c2cccc(Oc3ccc(F)c(Cl)c3)c12. The molecule has 1 heterocycles. The van der Waals surface area contributed by atoms with Crippen molar-refractivity contribution < 1.29 is 18.7 Å². The van der Waals surface area contributed by atoms with Gasteiger partial charge in [-0.05, 0) is 37.3 Å². The summed E-state index contributed by atoms with van der Waals surface area (Å²) in [7, 11) is 1.91. The highest BCUT2D eigenvalue weighted by Crippen LogP contribution is 2.35. The largest absolute Gasteiger partial charge is 0.463 e. The Balaban J connectivity index is 2.02. The fourth-order valence-electron chi connectivity index (χ4n) is 2.67. The highest BCUT2D eigenvalue weighted by Gasteiger charge is 2.12. The maximum atomic E-state index is 13.4. The van der Waals surface area contributed by atoms with Crippen LogP contribution in [0.5, 0.6) is 11.5 Å². The van der Waals surface area contributed by atoms with Crippen molar-refractivity contribution in [3.63, 3.8) is 0 Å². The van der Waals surface area contributed by atoms with Gasteiger partial charge < -0.3 is 14.0 Å². The molecule has 0 N–H and O–H groups in total. The van der Waals surface area contributed by atoms with Crippen LogP contribution in [0.2, 0.25) is 5.02 Å². The number of aryl methyl sites for hydroxylation is 1. The minimum atomic E-state index is -0.505. The molecule has 0 unspecified atom stereocenters. The number of benzene rings is 2. The van der Waals surface area contributed by atoms with Gasteiger partial charge in [-0.2, -0.15) is 0 Å². The second kappa shape index (κ2) is 7.62. The van der Waals surface area contributed by atoms with E-state index in [1.807, 2.05) is 29.9 Å². The zero-order valence-corrected chi connectivity index (χ0v) is 15.1. The number of hydrogen-bond donors (Lipinski definition) is 0. The average Bonchev–Trinajstić information content (AvgIpc) is 2.94. The summed E-state index contributed by atoms with van der Waals surface area (Å²) in [5, 5.41) is 0.821. The molecule has 0 radical (unpaired) electrons. The van der Waals surface area contributed by atoms with Crippen molar-refractivity contribution >= 4 is 34.5 Å². The zero-order valence-electron chi connectivity index (χ0n) is 14.3. The molecule has 3 rings (SSSR count). The van der Waals surface area contributed by atoms with Crippen LogP contribution in [0, 0.1) is 5.82 Å². The molecule has 134 valence electrons. The number of halogens is 2. The van der Waals surface area contributed by atoms with Gasteiger partial charge in [0.05, 0.1) is 17.1 Å². The number of rotatable bonds is 5. The summed E-state index contributed by atoms with van der Waals surface area (Å²) in [5.74, 6) is 0.0885. The van der Waals surface area contributed by atoms with Crippen LogP contribution in [0.1, 0.15) is 12.5 Å². The first-order valence-electron chi connectivity index (χ1n) is 8.05. The number of hydrogen-bond acceptors (Lipinski definition) is 3. The Bertz CT molecular complexity index is 994. The van der Waals surface area contributed by atoms with Gasteiger partial charge in [0.15, 0.2) is 0 Å². The van der Waals surface area contributed by atoms with E-state index in [9.17, 15) is 9.18 Å². The summed E-state index contributed by atoms with van der Waals surface area (Å²) in [6.07, 6.45) is 4.96. The quantitative estimate of drug-likeness (QED) is 0.447. The Hall–Kier alpha value is -2.79. The van der Waals surface area contributed by atoms with E-state index >= 15 is 0 Å². The molecule has 1 aromatic heterocycles. The van der Waals surface area contributed by atoms with Crippen molar-refractivity contribution in [3.05, 3.63) is 65.1 Å². The first-order valence-corrected chi connectivity index (χ1v) is 8.43. The third-order valence-corrected chi connectivity index (χ3v) is 4.10. The van der Waals surface area contributed by atoms with Gasteiger partial charge in [0.1, 0.15) is 17.3 Å². The number of fused-ring (bicyclic) bond motifs is 1. The maximum absolute atomic E-state index is 13.4. The Morgan fingerprint density at radius 2 is 2.12 bits per heavy atom.